The van der Waals surface area contributed by atoms with Crippen LogP contribution in [0.1, 0.15) is 5.69 Å². The fourth-order valence-corrected chi connectivity index (χ4v) is 2.02. The summed E-state index contributed by atoms with van der Waals surface area (Å²) in [5, 5.41) is 0. The van der Waals surface area contributed by atoms with E-state index in [1.165, 1.54) is 17.0 Å². The smallest absolute Gasteiger partial charge is 0.267 e. The van der Waals surface area contributed by atoms with Crippen molar-refractivity contribution in [3.63, 3.8) is 0 Å². The van der Waals surface area contributed by atoms with Crippen molar-refractivity contribution in [3.8, 4) is 0 Å². The first kappa shape index (κ1) is 13.0. The molecule has 2 heterocycles. The average Bonchev–Trinajstić information content (AvgIpc) is 2.37. The molecule has 0 spiro atoms. The van der Waals surface area contributed by atoms with Crippen LogP contribution in [-0.4, -0.2) is 14.1 Å². The molecule has 0 N–H and O–H groups in total. The summed E-state index contributed by atoms with van der Waals surface area (Å²) in [5.74, 6) is 0. The van der Waals surface area contributed by atoms with Crippen LogP contribution in [0.4, 0.5) is 0 Å². The van der Waals surface area contributed by atoms with Gasteiger partial charge >= 0.3 is 0 Å². The molecule has 0 radical (unpaired) electrons. The number of nitrogens with zero attached hydrogens (tertiary/aromatic N) is 3. The minimum absolute atomic E-state index is 0.0629. The molecule has 2 rings (SSSR count). The lowest BCUT2D eigenvalue weighted by molar-refractivity contribution is 0.543. The highest BCUT2D eigenvalue weighted by Crippen LogP contribution is 2.01. The number of aromatic nitrogens is 3. The Morgan fingerprint density at radius 2 is 1.94 bits per heavy atom. The van der Waals surface area contributed by atoms with E-state index in [0.29, 0.717) is 16.7 Å². The number of pyridine rings is 1. The van der Waals surface area contributed by atoms with Crippen molar-refractivity contribution < 1.29 is 0 Å². The maximum Gasteiger partial charge on any atom is 0.267 e. The molecular formula is C12H12IN3O2. The number of rotatable bonds is 3. The lowest BCUT2D eigenvalue weighted by atomic mass is 10.4. The van der Waals surface area contributed by atoms with Gasteiger partial charge in [-0.1, -0.05) is 6.07 Å². The highest BCUT2D eigenvalue weighted by Gasteiger charge is 2.05. The molecule has 2 aromatic rings. The summed E-state index contributed by atoms with van der Waals surface area (Å²) in [7, 11) is 0. The van der Waals surface area contributed by atoms with Crippen LogP contribution in [-0.2, 0) is 13.1 Å². The molecule has 0 bridgehead atoms. The van der Waals surface area contributed by atoms with Crippen molar-refractivity contribution in [2.75, 3.05) is 0 Å². The second-order valence-electron chi connectivity index (χ2n) is 3.87. The zero-order valence-corrected chi connectivity index (χ0v) is 12.0. The summed E-state index contributed by atoms with van der Waals surface area (Å²) in [6, 6.07) is 4.99. The summed E-state index contributed by atoms with van der Waals surface area (Å²) in [6.07, 6.45) is 3.23. The minimum atomic E-state index is -0.0692. The summed E-state index contributed by atoms with van der Waals surface area (Å²) in [6.45, 7) is 2.70. The third kappa shape index (κ3) is 2.69. The van der Waals surface area contributed by atoms with E-state index in [-0.39, 0.29) is 11.1 Å². The van der Waals surface area contributed by atoms with E-state index in [9.17, 15) is 9.59 Å². The molecule has 0 saturated heterocycles. The molecule has 0 fully saturated rings. The average molecular weight is 357 g/mol. The third-order valence-electron chi connectivity index (χ3n) is 2.64. The zero-order valence-electron chi connectivity index (χ0n) is 9.84. The molecule has 0 saturated carbocycles. The van der Waals surface area contributed by atoms with Crippen molar-refractivity contribution in [1.29, 1.82) is 0 Å². The molecule has 5 nitrogen and oxygen atoms in total. The van der Waals surface area contributed by atoms with E-state index in [2.05, 4.69) is 4.98 Å². The van der Waals surface area contributed by atoms with Crippen LogP contribution < -0.4 is 11.1 Å². The summed E-state index contributed by atoms with van der Waals surface area (Å²) < 4.78 is 3.71. The van der Waals surface area contributed by atoms with Gasteiger partial charge in [-0.15, -0.1) is 0 Å². The van der Waals surface area contributed by atoms with Gasteiger partial charge in [0.05, 0.1) is 15.6 Å². The topological polar surface area (TPSA) is 56.9 Å². The van der Waals surface area contributed by atoms with E-state index >= 15 is 0 Å². The fraction of sp³-hybridized carbons (Fsp3) is 0.250. The Morgan fingerprint density at radius 3 is 2.67 bits per heavy atom. The predicted molar refractivity (Wildman–Crippen MR) is 76.7 cm³/mol. The van der Waals surface area contributed by atoms with E-state index in [4.69, 9.17) is 0 Å². The Bertz CT molecular complexity index is 676. The Hall–Kier alpha value is -1.44. The van der Waals surface area contributed by atoms with Gasteiger partial charge < -0.3 is 4.57 Å². The first-order chi connectivity index (χ1) is 8.59. The standard InChI is InChI=1S/C12H12IN3O2/c1-9-11(13)12(18)16(8-14-9)7-6-15-5-3-2-4-10(15)17/h2-5,8H,6-7H2,1H3. The fourth-order valence-electron chi connectivity index (χ4n) is 1.57. The van der Waals surface area contributed by atoms with Gasteiger partial charge in [-0.05, 0) is 35.6 Å². The lowest BCUT2D eigenvalue weighted by Gasteiger charge is -2.08. The van der Waals surface area contributed by atoms with Crippen molar-refractivity contribution in [2.24, 2.45) is 0 Å². The first-order valence-corrected chi connectivity index (χ1v) is 6.54. The van der Waals surface area contributed by atoms with Crippen LogP contribution in [0.3, 0.4) is 0 Å². The maximum absolute atomic E-state index is 11.9. The SMILES string of the molecule is Cc1ncn(CCn2ccccc2=O)c(=O)c1I. The second kappa shape index (κ2) is 5.47. The molecule has 6 heteroatoms. The van der Waals surface area contributed by atoms with Gasteiger partial charge in [-0.3, -0.25) is 14.2 Å². The zero-order chi connectivity index (χ0) is 13.1. The van der Waals surface area contributed by atoms with Gasteiger partial charge in [0.25, 0.3) is 11.1 Å². The van der Waals surface area contributed by atoms with Crippen LogP contribution in [0, 0.1) is 10.5 Å². The van der Waals surface area contributed by atoms with Gasteiger partial charge in [0.1, 0.15) is 0 Å². The molecular weight excluding hydrogens is 345 g/mol. The Balaban J connectivity index is 2.22. The Labute approximate surface area is 117 Å². The molecule has 0 aliphatic rings. The highest BCUT2D eigenvalue weighted by atomic mass is 127. The van der Waals surface area contributed by atoms with Crippen LogP contribution in [0.15, 0.2) is 40.3 Å². The quantitative estimate of drug-likeness (QED) is 0.771. The highest BCUT2D eigenvalue weighted by molar-refractivity contribution is 14.1. The van der Waals surface area contributed by atoms with Crippen molar-refractivity contribution >= 4 is 22.6 Å². The predicted octanol–water partition coefficient (Wildman–Crippen LogP) is 1.02. The number of hydrogen-bond donors (Lipinski definition) is 0. The summed E-state index contributed by atoms with van der Waals surface area (Å²) >= 11 is 1.99. The van der Waals surface area contributed by atoms with Crippen LogP contribution in [0.25, 0.3) is 0 Å². The third-order valence-corrected chi connectivity index (χ3v) is 3.88. The number of aryl methyl sites for hydroxylation is 3. The maximum atomic E-state index is 11.9. The Kier molecular flexibility index (Phi) is 3.95. The van der Waals surface area contributed by atoms with Gasteiger partial charge in [-0.2, -0.15) is 0 Å². The van der Waals surface area contributed by atoms with Crippen LogP contribution >= 0.6 is 22.6 Å². The van der Waals surface area contributed by atoms with E-state index in [1.807, 2.05) is 22.6 Å². The molecule has 0 amide bonds. The molecule has 0 aromatic carbocycles. The van der Waals surface area contributed by atoms with Crippen LogP contribution in [0.5, 0.6) is 0 Å². The molecule has 18 heavy (non-hydrogen) atoms. The van der Waals surface area contributed by atoms with Crippen LogP contribution in [0.2, 0.25) is 0 Å². The van der Waals surface area contributed by atoms with E-state index in [1.54, 1.807) is 29.8 Å². The van der Waals surface area contributed by atoms with Gasteiger partial charge in [-0.25, -0.2) is 4.98 Å². The second-order valence-corrected chi connectivity index (χ2v) is 4.95. The van der Waals surface area contributed by atoms with Gasteiger partial charge in [0.15, 0.2) is 0 Å². The van der Waals surface area contributed by atoms with Crippen molar-refractivity contribution in [1.82, 2.24) is 14.1 Å². The molecule has 94 valence electrons. The summed E-state index contributed by atoms with van der Waals surface area (Å²) in [4.78, 5) is 27.6. The Morgan fingerprint density at radius 1 is 1.22 bits per heavy atom. The van der Waals surface area contributed by atoms with Gasteiger partial charge in [0.2, 0.25) is 0 Å². The molecule has 0 aliphatic heterocycles. The summed E-state index contributed by atoms with van der Waals surface area (Å²) in [5.41, 5.74) is 0.598. The lowest BCUT2D eigenvalue weighted by Crippen LogP contribution is -2.28. The monoisotopic (exact) mass is 357 g/mol. The molecule has 0 unspecified atom stereocenters. The molecule has 0 aliphatic carbocycles. The van der Waals surface area contributed by atoms with E-state index < -0.39 is 0 Å². The number of hydrogen-bond acceptors (Lipinski definition) is 3. The minimum Gasteiger partial charge on any atom is -0.314 e. The largest absolute Gasteiger partial charge is 0.314 e. The number of halogens is 1. The van der Waals surface area contributed by atoms with Crippen molar-refractivity contribution in [2.45, 2.75) is 20.0 Å². The van der Waals surface area contributed by atoms with Gasteiger partial charge in [0, 0.05) is 25.4 Å². The molecule has 0 atom stereocenters. The van der Waals surface area contributed by atoms with Crippen molar-refractivity contribution in [3.05, 3.63) is 60.7 Å². The first-order valence-electron chi connectivity index (χ1n) is 5.46. The normalized spacial score (nSPS) is 10.6. The van der Waals surface area contributed by atoms with E-state index in [0.717, 1.165) is 5.69 Å². The molecule has 2 aromatic heterocycles.